The van der Waals surface area contributed by atoms with Crippen molar-refractivity contribution in [2.75, 3.05) is 13.2 Å². The van der Waals surface area contributed by atoms with Gasteiger partial charge in [-0.25, -0.2) is 0 Å². The van der Waals surface area contributed by atoms with Crippen LogP contribution in [0.15, 0.2) is 12.7 Å². The number of aliphatic hydroxyl groups is 2. The minimum Gasteiger partial charge on any atom is -0.393 e. The molecule has 2 fully saturated rings. The molecule has 0 aromatic rings. The zero-order valence-corrected chi connectivity index (χ0v) is 8.71. The Morgan fingerprint density at radius 1 is 1.20 bits per heavy atom. The average molecular weight is 214 g/mol. The normalized spacial score (nSPS) is 42.3. The lowest BCUT2D eigenvalue weighted by Gasteiger charge is -2.22. The van der Waals surface area contributed by atoms with Gasteiger partial charge in [0, 0.05) is 18.8 Å². The van der Waals surface area contributed by atoms with Gasteiger partial charge in [-0.2, -0.15) is 0 Å². The van der Waals surface area contributed by atoms with Gasteiger partial charge in [0.1, 0.15) is 0 Å². The summed E-state index contributed by atoms with van der Waals surface area (Å²) < 4.78 is 10.7. The van der Waals surface area contributed by atoms with E-state index in [1.165, 1.54) is 0 Å². The second kappa shape index (κ2) is 4.61. The van der Waals surface area contributed by atoms with Gasteiger partial charge in [-0.05, 0) is 5.92 Å². The Morgan fingerprint density at radius 3 is 2.47 bits per heavy atom. The van der Waals surface area contributed by atoms with E-state index in [-0.39, 0.29) is 18.1 Å². The Labute approximate surface area is 89.5 Å². The maximum atomic E-state index is 9.80. The second-order valence-electron chi connectivity index (χ2n) is 4.25. The van der Waals surface area contributed by atoms with Crippen molar-refractivity contribution in [1.82, 2.24) is 0 Å². The van der Waals surface area contributed by atoms with E-state index < -0.39 is 12.2 Å². The lowest BCUT2D eigenvalue weighted by atomic mass is 9.90. The first-order valence-corrected chi connectivity index (χ1v) is 5.44. The first kappa shape index (κ1) is 11.1. The topological polar surface area (TPSA) is 58.9 Å². The molecule has 2 unspecified atom stereocenters. The summed E-state index contributed by atoms with van der Waals surface area (Å²) in [7, 11) is 0. The molecule has 0 aromatic heterocycles. The Morgan fingerprint density at radius 2 is 1.87 bits per heavy atom. The van der Waals surface area contributed by atoms with Crippen molar-refractivity contribution in [3.05, 3.63) is 12.7 Å². The van der Waals surface area contributed by atoms with Crippen LogP contribution in [0.2, 0.25) is 0 Å². The van der Waals surface area contributed by atoms with Crippen LogP contribution in [0.4, 0.5) is 0 Å². The van der Waals surface area contributed by atoms with Crippen LogP contribution < -0.4 is 0 Å². The fourth-order valence-electron chi connectivity index (χ4n) is 2.53. The van der Waals surface area contributed by atoms with E-state index in [1.807, 2.05) is 0 Å². The summed E-state index contributed by atoms with van der Waals surface area (Å²) in [6.45, 7) is 4.94. The quantitative estimate of drug-likeness (QED) is 0.663. The van der Waals surface area contributed by atoms with Gasteiger partial charge in [0.05, 0.1) is 25.4 Å². The standard InChI is InChI=1S/C11H18O4/c1-2-7-8(10(13)6-9(7)12)5-11-14-3-4-15-11/h2,7-13H,1,3-6H2/t7-,8?,9+,10?/m1/s1. The fourth-order valence-corrected chi connectivity index (χ4v) is 2.53. The number of hydrogen-bond donors (Lipinski definition) is 2. The smallest absolute Gasteiger partial charge is 0.158 e. The van der Waals surface area contributed by atoms with Gasteiger partial charge < -0.3 is 19.7 Å². The Balaban J connectivity index is 1.96. The van der Waals surface area contributed by atoms with E-state index in [4.69, 9.17) is 9.47 Å². The van der Waals surface area contributed by atoms with Gasteiger partial charge in [-0.1, -0.05) is 6.08 Å². The molecule has 2 N–H and O–H groups in total. The SMILES string of the molecule is C=C[C@@H]1C(CC2OCCO2)C(O)C[C@@H]1O. The van der Waals surface area contributed by atoms with Crippen LogP contribution in [-0.2, 0) is 9.47 Å². The third kappa shape index (κ3) is 2.23. The molecule has 2 rings (SSSR count). The summed E-state index contributed by atoms with van der Waals surface area (Å²) in [5.41, 5.74) is 0. The molecule has 1 saturated carbocycles. The molecule has 15 heavy (non-hydrogen) atoms. The Kier molecular flexibility index (Phi) is 3.41. The second-order valence-corrected chi connectivity index (χ2v) is 4.25. The molecule has 1 aliphatic heterocycles. The highest BCUT2D eigenvalue weighted by Gasteiger charge is 2.41. The van der Waals surface area contributed by atoms with Gasteiger partial charge in [0.15, 0.2) is 6.29 Å². The zero-order chi connectivity index (χ0) is 10.8. The molecule has 1 heterocycles. The molecule has 4 atom stereocenters. The molecule has 1 aliphatic carbocycles. The summed E-state index contributed by atoms with van der Waals surface area (Å²) in [6, 6.07) is 0. The minimum atomic E-state index is -0.482. The number of rotatable bonds is 3. The van der Waals surface area contributed by atoms with Crippen molar-refractivity contribution in [3.8, 4) is 0 Å². The molecule has 4 heteroatoms. The van der Waals surface area contributed by atoms with Crippen molar-refractivity contribution < 1.29 is 19.7 Å². The summed E-state index contributed by atoms with van der Waals surface area (Å²) in [5.74, 6) is -0.0478. The van der Waals surface area contributed by atoms with Crippen LogP contribution in [0, 0.1) is 11.8 Å². The predicted octanol–water partition coefficient (Wildman–Crippen LogP) is 0.293. The summed E-state index contributed by atoms with van der Waals surface area (Å²) in [5, 5.41) is 19.5. The third-order valence-electron chi connectivity index (χ3n) is 3.34. The van der Waals surface area contributed by atoms with Gasteiger partial charge >= 0.3 is 0 Å². The molecule has 2 aliphatic rings. The van der Waals surface area contributed by atoms with Crippen LogP contribution in [0.3, 0.4) is 0 Å². The van der Waals surface area contributed by atoms with E-state index in [1.54, 1.807) is 6.08 Å². The largest absolute Gasteiger partial charge is 0.393 e. The molecule has 4 nitrogen and oxygen atoms in total. The van der Waals surface area contributed by atoms with Crippen LogP contribution in [0.1, 0.15) is 12.8 Å². The van der Waals surface area contributed by atoms with E-state index in [2.05, 4.69) is 6.58 Å². The average Bonchev–Trinajstić information content (AvgIpc) is 2.77. The first-order chi connectivity index (χ1) is 7.22. The number of ether oxygens (including phenoxy) is 2. The number of aliphatic hydroxyl groups excluding tert-OH is 2. The van der Waals surface area contributed by atoms with Crippen molar-refractivity contribution >= 4 is 0 Å². The molecule has 0 aromatic carbocycles. The first-order valence-electron chi connectivity index (χ1n) is 5.44. The predicted molar refractivity (Wildman–Crippen MR) is 54.1 cm³/mol. The molecular weight excluding hydrogens is 196 g/mol. The van der Waals surface area contributed by atoms with E-state index in [9.17, 15) is 10.2 Å². The summed E-state index contributed by atoms with van der Waals surface area (Å²) in [4.78, 5) is 0. The maximum Gasteiger partial charge on any atom is 0.158 e. The van der Waals surface area contributed by atoms with Crippen molar-refractivity contribution in [3.63, 3.8) is 0 Å². The van der Waals surface area contributed by atoms with Crippen LogP contribution in [-0.4, -0.2) is 41.9 Å². The van der Waals surface area contributed by atoms with Crippen molar-refractivity contribution in [2.45, 2.75) is 31.3 Å². The van der Waals surface area contributed by atoms with Crippen LogP contribution in [0.25, 0.3) is 0 Å². The van der Waals surface area contributed by atoms with Gasteiger partial charge in [-0.3, -0.25) is 0 Å². The maximum absolute atomic E-state index is 9.80. The molecule has 1 saturated heterocycles. The zero-order valence-electron chi connectivity index (χ0n) is 8.71. The lowest BCUT2D eigenvalue weighted by Crippen LogP contribution is -2.25. The van der Waals surface area contributed by atoms with E-state index >= 15 is 0 Å². The summed E-state index contributed by atoms with van der Waals surface area (Å²) >= 11 is 0. The Bertz CT molecular complexity index is 225. The van der Waals surface area contributed by atoms with E-state index in [0.29, 0.717) is 26.1 Å². The molecular formula is C11H18O4. The summed E-state index contributed by atoms with van der Waals surface area (Å²) in [6.07, 6.45) is 1.60. The molecule has 0 bridgehead atoms. The molecule has 0 amide bonds. The lowest BCUT2D eigenvalue weighted by molar-refractivity contribution is -0.0696. The van der Waals surface area contributed by atoms with Gasteiger partial charge in [-0.15, -0.1) is 6.58 Å². The van der Waals surface area contributed by atoms with Crippen LogP contribution in [0.5, 0.6) is 0 Å². The Hall–Kier alpha value is -0.420. The fraction of sp³-hybridized carbons (Fsp3) is 0.818. The highest BCUT2D eigenvalue weighted by atomic mass is 16.7. The van der Waals surface area contributed by atoms with E-state index in [0.717, 1.165) is 0 Å². The highest BCUT2D eigenvalue weighted by Crippen LogP contribution is 2.37. The highest BCUT2D eigenvalue weighted by molar-refractivity contribution is 4.99. The van der Waals surface area contributed by atoms with Crippen LogP contribution >= 0.6 is 0 Å². The molecule has 86 valence electrons. The third-order valence-corrected chi connectivity index (χ3v) is 3.34. The van der Waals surface area contributed by atoms with Gasteiger partial charge in [0.25, 0.3) is 0 Å². The van der Waals surface area contributed by atoms with Gasteiger partial charge in [0.2, 0.25) is 0 Å². The number of hydrogen-bond acceptors (Lipinski definition) is 4. The molecule has 0 radical (unpaired) electrons. The van der Waals surface area contributed by atoms with Crippen molar-refractivity contribution in [1.29, 1.82) is 0 Å². The minimum absolute atomic E-state index is 0.000556. The molecule has 0 spiro atoms. The van der Waals surface area contributed by atoms with Crippen molar-refractivity contribution in [2.24, 2.45) is 11.8 Å². The monoisotopic (exact) mass is 214 g/mol.